The number of nitrogens with zero attached hydrogens (tertiary/aromatic N) is 4. The van der Waals surface area contributed by atoms with Gasteiger partial charge in [-0.15, -0.1) is 0 Å². The predicted molar refractivity (Wildman–Crippen MR) is 90.6 cm³/mol. The summed E-state index contributed by atoms with van der Waals surface area (Å²) in [6, 6.07) is 0.627. The SMILES string of the molecule is CCn1cncc1CN1C[C@H]2CN(C3CCCC3)C[C@@]2(C(=O)O)C1. The molecule has 6 nitrogen and oxygen atoms in total. The molecule has 2 saturated heterocycles. The molecule has 24 heavy (non-hydrogen) atoms. The van der Waals surface area contributed by atoms with E-state index in [1.54, 1.807) is 0 Å². The van der Waals surface area contributed by atoms with Crippen LogP contribution < -0.4 is 0 Å². The third kappa shape index (κ3) is 2.56. The fourth-order valence-corrected chi connectivity index (χ4v) is 5.17. The Labute approximate surface area is 143 Å². The van der Waals surface area contributed by atoms with Crippen molar-refractivity contribution in [2.45, 2.75) is 51.7 Å². The lowest BCUT2D eigenvalue weighted by atomic mass is 9.81. The molecule has 4 rings (SSSR count). The molecule has 2 atom stereocenters. The Balaban J connectivity index is 1.48. The highest BCUT2D eigenvalue weighted by atomic mass is 16.4. The quantitative estimate of drug-likeness (QED) is 0.889. The van der Waals surface area contributed by atoms with Crippen LogP contribution in [0.25, 0.3) is 0 Å². The Morgan fingerprint density at radius 2 is 2.12 bits per heavy atom. The third-order valence-corrected chi connectivity index (χ3v) is 6.50. The van der Waals surface area contributed by atoms with Gasteiger partial charge in [-0.25, -0.2) is 4.98 Å². The Bertz CT molecular complexity index is 610. The molecular formula is C18H28N4O2. The van der Waals surface area contributed by atoms with Crippen molar-refractivity contribution in [2.75, 3.05) is 26.2 Å². The van der Waals surface area contributed by atoms with E-state index in [1.165, 1.54) is 31.4 Å². The Kier molecular flexibility index (Phi) is 4.12. The van der Waals surface area contributed by atoms with E-state index in [2.05, 4.69) is 26.3 Å². The largest absolute Gasteiger partial charge is 0.481 e. The van der Waals surface area contributed by atoms with E-state index in [1.807, 2.05) is 12.5 Å². The lowest BCUT2D eigenvalue weighted by Crippen LogP contribution is -2.42. The lowest BCUT2D eigenvalue weighted by molar-refractivity contribution is -0.149. The number of imidazole rings is 1. The van der Waals surface area contributed by atoms with Crippen LogP contribution in [0, 0.1) is 11.3 Å². The maximum absolute atomic E-state index is 12.2. The van der Waals surface area contributed by atoms with Crippen LogP contribution in [0.15, 0.2) is 12.5 Å². The van der Waals surface area contributed by atoms with Crippen molar-refractivity contribution >= 4 is 5.97 Å². The molecule has 2 aliphatic heterocycles. The standard InChI is InChI=1S/C18H28N4O2/c1-2-21-13-19-7-16(21)10-20-8-14-9-22(15-5-3-4-6-15)12-18(14,11-20)17(23)24/h7,13-15H,2-6,8-12H2,1H3,(H,23,24)/t14-,18-/m0/s1. The average Bonchev–Trinajstić information content (AvgIpc) is 3.30. The van der Waals surface area contributed by atoms with Gasteiger partial charge < -0.3 is 9.67 Å². The van der Waals surface area contributed by atoms with E-state index in [0.717, 1.165) is 32.7 Å². The fraction of sp³-hybridized carbons (Fsp3) is 0.778. The number of fused-ring (bicyclic) bond motifs is 1. The summed E-state index contributed by atoms with van der Waals surface area (Å²) in [5.41, 5.74) is 0.616. The molecule has 6 heteroatoms. The molecule has 1 aliphatic carbocycles. The first-order valence-corrected chi connectivity index (χ1v) is 9.31. The van der Waals surface area contributed by atoms with Gasteiger partial charge in [0.15, 0.2) is 0 Å². The number of aliphatic carboxylic acids is 1. The van der Waals surface area contributed by atoms with Gasteiger partial charge >= 0.3 is 5.97 Å². The summed E-state index contributed by atoms with van der Waals surface area (Å²) in [5, 5.41) is 10.0. The molecule has 3 heterocycles. The second-order valence-electron chi connectivity index (χ2n) is 7.87. The molecule has 0 radical (unpaired) electrons. The van der Waals surface area contributed by atoms with Gasteiger partial charge in [0.2, 0.25) is 0 Å². The molecule has 0 unspecified atom stereocenters. The number of rotatable bonds is 5. The number of hydrogen-bond donors (Lipinski definition) is 1. The van der Waals surface area contributed by atoms with Crippen LogP contribution in [0.3, 0.4) is 0 Å². The van der Waals surface area contributed by atoms with Gasteiger partial charge in [0, 0.05) is 57.4 Å². The second kappa shape index (κ2) is 6.15. The molecule has 1 aromatic heterocycles. The van der Waals surface area contributed by atoms with Crippen LogP contribution in [0.4, 0.5) is 0 Å². The number of hydrogen-bond acceptors (Lipinski definition) is 4. The highest BCUT2D eigenvalue weighted by molar-refractivity contribution is 5.77. The summed E-state index contributed by atoms with van der Waals surface area (Å²) in [5.74, 6) is -0.340. The first kappa shape index (κ1) is 16.1. The monoisotopic (exact) mass is 332 g/mol. The van der Waals surface area contributed by atoms with E-state index in [9.17, 15) is 9.90 Å². The normalized spacial score (nSPS) is 31.8. The van der Waals surface area contributed by atoms with Crippen molar-refractivity contribution in [1.82, 2.24) is 19.4 Å². The minimum Gasteiger partial charge on any atom is -0.481 e. The highest BCUT2D eigenvalue weighted by Gasteiger charge is 2.58. The zero-order valence-electron chi connectivity index (χ0n) is 14.5. The summed E-state index contributed by atoms with van der Waals surface area (Å²) in [6.45, 7) is 7.09. The number of carboxylic acid groups (broad SMARTS) is 1. The lowest BCUT2D eigenvalue weighted by Gasteiger charge is -2.28. The van der Waals surface area contributed by atoms with E-state index >= 15 is 0 Å². The summed E-state index contributed by atoms with van der Waals surface area (Å²) in [4.78, 5) is 21.2. The minimum atomic E-state index is -0.598. The molecule has 132 valence electrons. The van der Waals surface area contributed by atoms with Gasteiger partial charge in [0.05, 0.1) is 17.4 Å². The zero-order valence-corrected chi connectivity index (χ0v) is 14.5. The van der Waals surface area contributed by atoms with E-state index in [-0.39, 0.29) is 5.92 Å². The fourth-order valence-electron chi connectivity index (χ4n) is 5.17. The molecule has 0 spiro atoms. The van der Waals surface area contributed by atoms with Gasteiger partial charge in [0.1, 0.15) is 0 Å². The second-order valence-corrected chi connectivity index (χ2v) is 7.87. The van der Waals surface area contributed by atoms with Crippen LogP contribution in [0.5, 0.6) is 0 Å². The Morgan fingerprint density at radius 3 is 2.79 bits per heavy atom. The summed E-state index contributed by atoms with van der Waals surface area (Å²) in [7, 11) is 0. The number of aryl methyl sites for hydroxylation is 1. The maximum Gasteiger partial charge on any atom is 0.312 e. The summed E-state index contributed by atoms with van der Waals surface area (Å²) in [6.07, 6.45) is 8.89. The van der Waals surface area contributed by atoms with Gasteiger partial charge in [-0.3, -0.25) is 14.6 Å². The molecular weight excluding hydrogens is 304 g/mol. The van der Waals surface area contributed by atoms with Crippen LogP contribution >= 0.6 is 0 Å². The van der Waals surface area contributed by atoms with Gasteiger partial charge in [-0.2, -0.15) is 0 Å². The van der Waals surface area contributed by atoms with Crippen molar-refractivity contribution < 1.29 is 9.90 Å². The van der Waals surface area contributed by atoms with Crippen molar-refractivity contribution in [3.8, 4) is 0 Å². The molecule has 1 N–H and O–H groups in total. The maximum atomic E-state index is 12.2. The first-order chi connectivity index (χ1) is 11.6. The number of carboxylic acids is 1. The van der Waals surface area contributed by atoms with Gasteiger partial charge in [0.25, 0.3) is 0 Å². The van der Waals surface area contributed by atoms with Crippen molar-refractivity contribution in [3.63, 3.8) is 0 Å². The molecule has 0 bridgehead atoms. The molecule has 1 saturated carbocycles. The topological polar surface area (TPSA) is 61.6 Å². The van der Waals surface area contributed by atoms with E-state index < -0.39 is 11.4 Å². The third-order valence-electron chi connectivity index (χ3n) is 6.50. The van der Waals surface area contributed by atoms with Crippen molar-refractivity contribution in [1.29, 1.82) is 0 Å². The molecule has 0 amide bonds. The van der Waals surface area contributed by atoms with Gasteiger partial charge in [-0.1, -0.05) is 12.8 Å². The number of carbonyl (C=O) groups is 1. The van der Waals surface area contributed by atoms with Crippen LogP contribution in [0.2, 0.25) is 0 Å². The average molecular weight is 332 g/mol. The molecule has 3 fully saturated rings. The van der Waals surface area contributed by atoms with Gasteiger partial charge in [-0.05, 0) is 19.8 Å². The number of likely N-dealkylation sites (tertiary alicyclic amines) is 2. The van der Waals surface area contributed by atoms with E-state index in [0.29, 0.717) is 12.6 Å². The minimum absolute atomic E-state index is 0.258. The first-order valence-electron chi connectivity index (χ1n) is 9.31. The van der Waals surface area contributed by atoms with Crippen LogP contribution in [0.1, 0.15) is 38.3 Å². The Morgan fingerprint density at radius 1 is 1.33 bits per heavy atom. The smallest absolute Gasteiger partial charge is 0.312 e. The van der Waals surface area contributed by atoms with E-state index in [4.69, 9.17) is 0 Å². The molecule has 1 aromatic rings. The Hall–Kier alpha value is -1.40. The zero-order chi connectivity index (χ0) is 16.7. The van der Waals surface area contributed by atoms with Crippen molar-refractivity contribution in [3.05, 3.63) is 18.2 Å². The number of aromatic nitrogens is 2. The van der Waals surface area contributed by atoms with Crippen LogP contribution in [-0.2, 0) is 17.9 Å². The van der Waals surface area contributed by atoms with Crippen molar-refractivity contribution in [2.24, 2.45) is 11.3 Å². The van der Waals surface area contributed by atoms with Crippen LogP contribution in [-0.4, -0.2) is 62.6 Å². The predicted octanol–water partition coefficient (Wildman–Crippen LogP) is 1.66. The molecule has 3 aliphatic rings. The highest BCUT2D eigenvalue weighted by Crippen LogP contribution is 2.45. The molecule has 0 aromatic carbocycles. The summed E-state index contributed by atoms with van der Waals surface area (Å²) < 4.78 is 2.15. The summed E-state index contributed by atoms with van der Waals surface area (Å²) >= 11 is 0.